The van der Waals surface area contributed by atoms with Crippen LogP contribution >= 0.6 is 0 Å². The van der Waals surface area contributed by atoms with E-state index in [1.807, 2.05) is 17.0 Å². The molecule has 1 aromatic carbocycles. The molecule has 2 N–H and O–H groups in total. The van der Waals surface area contributed by atoms with Gasteiger partial charge in [-0.05, 0) is 36.5 Å². The fourth-order valence-corrected chi connectivity index (χ4v) is 5.86. The zero-order valence-corrected chi connectivity index (χ0v) is 21.2. The van der Waals surface area contributed by atoms with Crippen LogP contribution in [0.4, 0.5) is 0 Å². The molecule has 2 amide bonds. The van der Waals surface area contributed by atoms with Crippen LogP contribution in [0, 0.1) is 5.92 Å². The van der Waals surface area contributed by atoms with Crippen LogP contribution in [0.25, 0.3) is 0 Å². The number of aliphatic hydroxyl groups is 1. The van der Waals surface area contributed by atoms with Crippen LogP contribution < -0.4 is 4.74 Å². The van der Waals surface area contributed by atoms with Gasteiger partial charge in [0.25, 0.3) is 0 Å². The number of aliphatic hydroxyl groups excluding tert-OH is 1. The summed E-state index contributed by atoms with van der Waals surface area (Å²) in [7, 11) is 0. The number of hydrogen-bond acceptors (Lipinski definition) is 6. The van der Waals surface area contributed by atoms with E-state index in [1.54, 1.807) is 9.80 Å². The second kappa shape index (κ2) is 12.1. The number of unbranched alkanes of at least 4 members (excludes halogenated alkanes) is 1. The van der Waals surface area contributed by atoms with Gasteiger partial charge in [0.2, 0.25) is 11.8 Å². The van der Waals surface area contributed by atoms with Crippen LogP contribution in [-0.2, 0) is 20.8 Å². The third kappa shape index (κ3) is 5.83. The molecule has 3 aliphatic rings. The molecule has 36 heavy (non-hydrogen) atoms. The molecule has 2 fully saturated rings. The monoisotopic (exact) mass is 501 g/mol. The fraction of sp³-hybridized carbons (Fsp3) is 0.667. The Morgan fingerprint density at radius 1 is 1.19 bits per heavy atom. The third-order valence-electron chi connectivity index (χ3n) is 7.81. The number of rotatable bonds is 12. The molecule has 1 unspecified atom stereocenters. The van der Waals surface area contributed by atoms with E-state index >= 15 is 0 Å². The summed E-state index contributed by atoms with van der Waals surface area (Å²) in [4.78, 5) is 44.0. The van der Waals surface area contributed by atoms with E-state index in [0.717, 1.165) is 42.6 Å². The number of carbonyl (C=O) groups is 3. The van der Waals surface area contributed by atoms with Crippen molar-refractivity contribution in [3.05, 3.63) is 29.3 Å². The van der Waals surface area contributed by atoms with Gasteiger partial charge in [0.05, 0.1) is 19.1 Å². The van der Waals surface area contributed by atoms with Crippen molar-refractivity contribution < 1.29 is 29.3 Å². The quantitative estimate of drug-likeness (QED) is 0.449. The van der Waals surface area contributed by atoms with E-state index in [-0.39, 0.29) is 30.9 Å². The summed E-state index contributed by atoms with van der Waals surface area (Å²) < 4.78 is 5.64. The molecule has 0 aromatic heterocycles. The summed E-state index contributed by atoms with van der Waals surface area (Å²) in [5, 5.41) is 19.7. The highest BCUT2D eigenvalue weighted by Gasteiger charge is 2.48. The molecule has 0 spiro atoms. The van der Waals surface area contributed by atoms with Crippen LogP contribution in [0.15, 0.2) is 18.2 Å². The molecular weight excluding hydrogens is 462 g/mol. The van der Waals surface area contributed by atoms with Gasteiger partial charge < -0.3 is 24.7 Å². The summed E-state index contributed by atoms with van der Waals surface area (Å²) in [5.41, 5.74) is 2.04. The Balaban J connectivity index is 1.60. The molecular formula is C27H39N3O6. The number of fused-ring (bicyclic) bond motifs is 1. The van der Waals surface area contributed by atoms with E-state index in [0.29, 0.717) is 52.2 Å². The summed E-state index contributed by atoms with van der Waals surface area (Å²) in [6.45, 7) is 5.32. The molecule has 9 heteroatoms. The van der Waals surface area contributed by atoms with Crippen molar-refractivity contribution in [3.8, 4) is 5.75 Å². The number of carboxylic acids is 1. The van der Waals surface area contributed by atoms with E-state index in [9.17, 15) is 24.6 Å². The molecule has 3 atom stereocenters. The maximum atomic E-state index is 13.4. The SMILES string of the molecule is CCCCN(CCCO)C(=O)CN1C[C@H](c2ccc3c(c2)CCO3)C(C(=O)O)[C@@H]1CN1CCCC1=O. The topological polar surface area (TPSA) is 111 Å². The molecule has 1 aromatic rings. The minimum Gasteiger partial charge on any atom is -0.493 e. The second-order valence-electron chi connectivity index (χ2n) is 10.2. The minimum atomic E-state index is -0.897. The first-order valence-corrected chi connectivity index (χ1v) is 13.3. The van der Waals surface area contributed by atoms with Crippen LogP contribution in [0.5, 0.6) is 5.75 Å². The number of likely N-dealkylation sites (tertiary alicyclic amines) is 2. The fourth-order valence-electron chi connectivity index (χ4n) is 5.86. The summed E-state index contributed by atoms with van der Waals surface area (Å²) in [6.07, 6.45) is 4.42. The van der Waals surface area contributed by atoms with Crippen molar-refractivity contribution in [1.29, 1.82) is 0 Å². The lowest BCUT2D eigenvalue weighted by Gasteiger charge is -2.32. The van der Waals surface area contributed by atoms with Crippen LogP contribution in [0.3, 0.4) is 0 Å². The van der Waals surface area contributed by atoms with Crippen molar-refractivity contribution in [2.24, 2.45) is 5.92 Å². The van der Waals surface area contributed by atoms with E-state index in [4.69, 9.17) is 4.74 Å². The molecule has 3 heterocycles. The molecule has 0 bridgehead atoms. The molecule has 2 saturated heterocycles. The lowest BCUT2D eigenvalue weighted by Crippen LogP contribution is -2.49. The summed E-state index contributed by atoms with van der Waals surface area (Å²) >= 11 is 0. The van der Waals surface area contributed by atoms with Gasteiger partial charge in [-0.2, -0.15) is 0 Å². The van der Waals surface area contributed by atoms with Gasteiger partial charge in [-0.3, -0.25) is 19.3 Å². The Morgan fingerprint density at radius 2 is 2.00 bits per heavy atom. The average Bonchev–Trinajstić information content (AvgIpc) is 3.58. The van der Waals surface area contributed by atoms with E-state index in [2.05, 4.69) is 13.0 Å². The first-order valence-electron chi connectivity index (χ1n) is 13.3. The Kier molecular flexibility index (Phi) is 8.85. The zero-order valence-electron chi connectivity index (χ0n) is 21.2. The number of amides is 2. The van der Waals surface area contributed by atoms with Gasteiger partial charge in [-0.1, -0.05) is 25.5 Å². The van der Waals surface area contributed by atoms with Crippen LogP contribution in [0.1, 0.15) is 56.1 Å². The van der Waals surface area contributed by atoms with Crippen molar-refractivity contribution in [3.63, 3.8) is 0 Å². The van der Waals surface area contributed by atoms with Gasteiger partial charge in [0, 0.05) is 64.1 Å². The summed E-state index contributed by atoms with van der Waals surface area (Å²) in [6, 6.07) is 5.48. The Hall–Kier alpha value is -2.65. The number of hydrogen-bond donors (Lipinski definition) is 2. The van der Waals surface area contributed by atoms with Crippen molar-refractivity contribution in [2.75, 3.05) is 52.5 Å². The average molecular weight is 502 g/mol. The number of benzene rings is 1. The number of nitrogens with zero attached hydrogens (tertiary/aromatic N) is 3. The molecule has 3 aliphatic heterocycles. The molecule has 4 rings (SSSR count). The van der Waals surface area contributed by atoms with E-state index < -0.39 is 17.9 Å². The Morgan fingerprint density at radius 3 is 2.69 bits per heavy atom. The largest absolute Gasteiger partial charge is 0.493 e. The first-order chi connectivity index (χ1) is 17.4. The van der Waals surface area contributed by atoms with Gasteiger partial charge in [0.15, 0.2) is 0 Å². The van der Waals surface area contributed by atoms with Crippen molar-refractivity contribution >= 4 is 17.8 Å². The number of ether oxygens (including phenoxy) is 1. The normalized spacial score (nSPS) is 23.7. The number of carboxylic acid groups (broad SMARTS) is 1. The molecule has 198 valence electrons. The Bertz CT molecular complexity index is 945. The van der Waals surface area contributed by atoms with Gasteiger partial charge in [-0.15, -0.1) is 0 Å². The number of carbonyl (C=O) groups excluding carboxylic acids is 2. The lowest BCUT2D eigenvalue weighted by molar-refractivity contribution is -0.144. The highest BCUT2D eigenvalue weighted by molar-refractivity contribution is 5.80. The van der Waals surface area contributed by atoms with Gasteiger partial charge in [-0.25, -0.2) is 0 Å². The minimum absolute atomic E-state index is 0.0184. The van der Waals surface area contributed by atoms with Gasteiger partial charge >= 0.3 is 5.97 Å². The predicted molar refractivity (Wildman–Crippen MR) is 134 cm³/mol. The van der Waals surface area contributed by atoms with Crippen molar-refractivity contribution in [1.82, 2.24) is 14.7 Å². The highest BCUT2D eigenvalue weighted by Crippen LogP contribution is 2.40. The molecule has 0 radical (unpaired) electrons. The number of aliphatic carboxylic acids is 1. The maximum Gasteiger partial charge on any atom is 0.308 e. The molecule has 0 aliphatic carbocycles. The standard InChI is InChI=1S/C27H39N3O6/c1-2-3-10-28(12-5-13-31)25(33)18-30-16-21(19-7-8-23-20(15-19)9-14-36-23)26(27(34)35)22(30)17-29-11-4-6-24(29)32/h7-8,15,21-22,26,31H,2-6,9-14,16-18H2,1H3,(H,34,35)/t21-,22+,26?/m1/s1. The summed E-state index contributed by atoms with van der Waals surface area (Å²) in [5.74, 6) is -1.06. The smallest absolute Gasteiger partial charge is 0.308 e. The highest BCUT2D eigenvalue weighted by atomic mass is 16.5. The molecule has 0 saturated carbocycles. The zero-order chi connectivity index (χ0) is 25.7. The molecule has 9 nitrogen and oxygen atoms in total. The van der Waals surface area contributed by atoms with Crippen LogP contribution in [-0.4, -0.2) is 101 Å². The lowest BCUT2D eigenvalue weighted by atomic mass is 9.84. The third-order valence-corrected chi connectivity index (χ3v) is 7.81. The maximum absolute atomic E-state index is 13.4. The second-order valence-corrected chi connectivity index (χ2v) is 10.2. The Labute approximate surface area is 213 Å². The first kappa shape index (κ1) is 26.4. The van der Waals surface area contributed by atoms with Crippen molar-refractivity contribution in [2.45, 2.75) is 57.4 Å². The van der Waals surface area contributed by atoms with Gasteiger partial charge in [0.1, 0.15) is 5.75 Å². The predicted octanol–water partition coefficient (Wildman–Crippen LogP) is 1.72. The van der Waals surface area contributed by atoms with E-state index in [1.165, 1.54) is 0 Å². The van der Waals surface area contributed by atoms with Crippen LogP contribution in [0.2, 0.25) is 0 Å².